The maximum absolute atomic E-state index is 4.65. The monoisotopic (exact) mass is 236 g/mol. The average Bonchev–Trinajstić information content (AvgIpc) is 2.70. The number of nitrogens with zero attached hydrogens (tertiary/aromatic N) is 2. The molecule has 0 aliphatic carbocycles. The first-order valence-electron chi connectivity index (χ1n) is 6.18. The first-order valence-corrected chi connectivity index (χ1v) is 6.18. The van der Waals surface area contributed by atoms with Crippen molar-refractivity contribution in [1.82, 2.24) is 9.78 Å². The minimum absolute atomic E-state index is 1.04. The summed E-state index contributed by atoms with van der Waals surface area (Å²) < 4.78 is 1.99. The lowest BCUT2D eigenvalue weighted by Crippen LogP contribution is -2.01. The van der Waals surface area contributed by atoms with Gasteiger partial charge < -0.3 is 0 Å². The van der Waals surface area contributed by atoms with Gasteiger partial charge in [-0.25, -0.2) is 4.68 Å². The highest BCUT2D eigenvalue weighted by Crippen LogP contribution is 2.22. The number of benzene rings is 2. The Kier molecular flexibility index (Phi) is 2.44. The predicted molar refractivity (Wildman–Crippen MR) is 75.3 cm³/mol. The van der Waals surface area contributed by atoms with Crippen molar-refractivity contribution in [3.8, 4) is 5.69 Å². The summed E-state index contributed by atoms with van der Waals surface area (Å²) >= 11 is 0. The summed E-state index contributed by atoms with van der Waals surface area (Å²) in [4.78, 5) is 0. The zero-order valence-electron chi connectivity index (χ0n) is 10.9. The molecule has 0 bridgehead atoms. The Balaban J connectivity index is 2.26. The number of hydrogen-bond donors (Lipinski definition) is 0. The van der Waals surface area contributed by atoms with Crippen LogP contribution in [0, 0.1) is 20.8 Å². The van der Waals surface area contributed by atoms with Crippen LogP contribution in [0.5, 0.6) is 0 Å². The molecule has 0 spiro atoms. The van der Waals surface area contributed by atoms with Crippen LogP contribution in [0.25, 0.3) is 16.6 Å². The Morgan fingerprint density at radius 1 is 0.944 bits per heavy atom. The lowest BCUT2D eigenvalue weighted by Gasteiger charge is -2.10. The van der Waals surface area contributed by atoms with E-state index in [1.54, 1.807) is 0 Å². The molecule has 3 aromatic rings. The molecule has 0 amide bonds. The first kappa shape index (κ1) is 11.0. The van der Waals surface area contributed by atoms with Gasteiger partial charge in [0.2, 0.25) is 0 Å². The molecule has 1 heterocycles. The van der Waals surface area contributed by atoms with Gasteiger partial charge in [-0.05, 0) is 38.0 Å². The van der Waals surface area contributed by atoms with Gasteiger partial charge in [-0.1, -0.05) is 35.9 Å². The van der Waals surface area contributed by atoms with Crippen molar-refractivity contribution in [3.63, 3.8) is 0 Å². The largest absolute Gasteiger partial charge is 0.239 e. The van der Waals surface area contributed by atoms with Crippen molar-refractivity contribution >= 4 is 10.9 Å². The minimum Gasteiger partial charge on any atom is -0.239 e. The third-order valence-electron chi connectivity index (χ3n) is 3.28. The second-order valence-electron chi connectivity index (χ2n) is 4.88. The van der Waals surface area contributed by atoms with E-state index in [4.69, 9.17) is 0 Å². The Morgan fingerprint density at radius 3 is 2.28 bits per heavy atom. The molecule has 0 fully saturated rings. The zero-order valence-corrected chi connectivity index (χ0v) is 10.9. The molecule has 0 radical (unpaired) electrons. The third-order valence-corrected chi connectivity index (χ3v) is 3.28. The van der Waals surface area contributed by atoms with Crippen LogP contribution in [0.2, 0.25) is 0 Å². The summed E-state index contributed by atoms with van der Waals surface area (Å²) in [6.07, 6.45) is 2.10. The van der Waals surface area contributed by atoms with E-state index in [9.17, 15) is 0 Å². The number of fused-ring (bicyclic) bond motifs is 1. The summed E-state index contributed by atoms with van der Waals surface area (Å²) in [6, 6.07) is 12.6. The third kappa shape index (κ3) is 1.70. The molecule has 2 aromatic carbocycles. The highest BCUT2D eigenvalue weighted by molar-refractivity contribution is 5.78. The molecule has 2 heteroatoms. The van der Waals surface area contributed by atoms with Crippen LogP contribution >= 0.6 is 0 Å². The molecule has 3 rings (SSSR count). The van der Waals surface area contributed by atoms with Gasteiger partial charge in [0.25, 0.3) is 0 Å². The van der Waals surface area contributed by atoms with Gasteiger partial charge in [0, 0.05) is 11.6 Å². The van der Waals surface area contributed by atoms with Crippen LogP contribution in [0.15, 0.2) is 42.6 Å². The van der Waals surface area contributed by atoms with Gasteiger partial charge in [0.15, 0.2) is 0 Å². The maximum Gasteiger partial charge on any atom is 0.0927 e. The van der Waals surface area contributed by atoms with E-state index in [1.165, 1.54) is 27.8 Å². The normalized spacial score (nSPS) is 11.1. The zero-order chi connectivity index (χ0) is 12.7. The minimum atomic E-state index is 1.04. The van der Waals surface area contributed by atoms with Crippen molar-refractivity contribution in [2.45, 2.75) is 20.8 Å². The van der Waals surface area contributed by atoms with E-state index >= 15 is 0 Å². The van der Waals surface area contributed by atoms with Crippen LogP contribution in [0.3, 0.4) is 0 Å². The van der Waals surface area contributed by atoms with Gasteiger partial charge in [-0.15, -0.1) is 0 Å². The van der Waals surface area contributed by atoms with Crippen molar-refractivity contribution in [2.24, 2.45) is 0 Å². The predicted octanol–water partition coefficient (Wildman–Crippen LogP) is 3.95. The first-order chi connectivity index (χ1) is 8.65. The number of aromatic nitrogens is 2. The molecule has 90 valence electrons. The highest BCUT2D eigenvalue weighted by atomic mass is 15.3. The molecule has 0 saturated carbocycles. The van der Waals surface area contributed by atoms with E-state index in [1.807, 2.05) is 22.9 Å². The maximum atomic E-state index is 4.65. The van der Waals surface area contributed by atoms with E-state index in [2.05, 4.69) is 50.3 Å². The Labute approximate surface area is 107 Å². The smallest absolute Gasteiger partial charge is 0.0927 e. The summed E-state index contributed by atoms with van der Waals surface area (Å²) in [5.74, 6) is 0. The standard InChI is InChI=1S/C16H16N2/c1-11-8-12(2)16(13(3)9-11)18-10-14-6-4-5-7-15(14)17-18/h4-10H,1-3H3. The lowest BCUT2D eigenvalue weighted by atomic mass is 10.1. The molecule has 0 N–H and O–H groups in total. The Hall–Kier alpha value is -2.09. The molecule has 0 saturated heterocycles. The number of aryl methyl sites for hydroxylation is 3. The van der Waals surface area contributed by atoms with E-state index in [-0.39, 0.29) is 0 Å². The molecule has 2 nitrogen and oxygen atoms in total. The Bertz CT molecular complexity index is 667. The van der Waals surface area contributed by atoms with E-state index in [0.717, 1.165) is 5.52 Å². The number of hydrogen-bond acceptors (Lipinski definition) is 1. The van der Waals surface area contributed by atoms with E-state index < -0.39 is 0 Å². The second-order valence-corrected chi connectivity index (χ2v) is 4.88. The SMILES string of the molecule is Cc1cc(C)c(-n2cc3ccccc3n2)c(C)c1. The molecule has 1 aromatic heterocycles. The molecular weight excluding hydrogens is 220 g/mol. The fourth-order valence-corrected chi connectivity index (χ4v) is 2.61. The Morgan fingerprint density at radius 2 is 1.61 bits per heavy atom. The fraction of sp³-hybridized carbons (Fsp3) is 0.188. The van der Waals surface area contributed by atoms with Gasteiger partial charge in [-0.2, -0.15) is 5.10 Å². The molecular formula is C16H16N2. The topological polar surface area (TPSA) is 17.8 Å². The fourth-order valence-electron chi connectivity index (χ4n) is 2.61. The lowest BCUT2D eigenvalue weighted by molar-refractivity contribution is 0.878. The number of rotatable bonds is 1. The van der Waals surface area contributed by atoms with Crippen LogP contribution in [0.1, 0.15) is 16.7 Å². The van der Waals surface area contributed by atoms with E-state index in [0.29, 0.717) is 0 Å². The van der Waals surface area contributed by atoms with Gasteiger partial charge >= 0.3 is 0 Å². The average molecular weight is 236 g/mol. The second kappa shape index (κ2) is 3.98. The van der Waals surface area contributed by atoms with Gasteiger partial charge in [-0.3, -0.25) is 0 Å². The van der Waals surface area contributed by atoms with Gasteiger partial charge in [0.05, 0.1) is 11.2 Å². The molecule has 0 unspecified atom stereocenters. The summed E-state index contributed by atoms with van der Waals surface area (Å²) in [5, 5.41) is 5.83. The summed E-state index contributed by atoms with van der Waals surface area (Å²) in [7, 11) is 0. The molecule has 0 aliphatic rings. The van der Waals surface area contributed by atoms with Gasteiger partial charge in [0.1, 0.15) is 0 Å². The van der Waals surface area contributed by atoms with Crippen molar-refractivity contribution in [2.75, 3.05) is 0 Å². The molecule has 0 atom stereocenters. The summed E-state index contributed by atoms with van der Waals surface area (Å²) in [5.41, 5.74) is 6.06. The van der Waals surface area contributed by atoms with Crippen LogP contribution in [0.4, 0.5) is 0 Å². The van der Waals surface area contributed by atoms with Crippen molar-refractivity contribution in [3.05, 3.63) is 59.3 Å². The van der Waals surface area contributed by atoms with Crippen molar-refractivity contribution in [1.29, 1.82) is 0 Å². The van der Waals surface area contributed by atoms with Crippen molar-refractivity contribution < 1.29 is 0 Å². The van der Waals surface area contributed by atoms with Crippen LogP contribution in [-0.4, -0.2) is 9.78 Å². The highest BCUT2D eigenvalue weighted by Gasteiger charge is 2.08. The quantitative estimate of drug-likeness (QED) is 0.625. The van der Waals surface area contributed by atoms with Crippen LogP contribution < -0.4 is 0 Å². The molecule has 18 heavy (non-hydrogen) atoms. The molecule has 0 aliphatic heterocycles. The summed E-state index contributed by atoms with van der Waals surface area (Å²) in [6.45, 7) is 6.41. The van der Waals surface area contributed by atoms with Crippen LogP contribution in [-0.2, 0) is 0 Å².